The first kappa shape index (κ1) is 28.8. The van der Waals surface area contributed by atoms with Crippen molar-refractivity contribution in [3.63, 3.8) is 0 Å². The number of Topliss-reactive ketones (excluding diaryl/α,β-unsaturated/α-hetero) is 1. The molecule has 40 heavy (non-hydrogen) atoms. The Morgan fingerprint density at radius 2 is 1.85 bits per heavy atom. The molecule has 1 fully saturated rings. The smallest absolute Gasteiger partial charge is 0.350 e. The average Bonchev–Trinajstić information content (AvgIpc) is 3.44. The third-order valence-electron chi connectivity index (χ3n) is 5.95. The van der Waals surface area contributed by atoms with Crippen molar-refractivity contribution in [3.05, 3.63) is 87.4 Å². The molecule has 1 saturated heterocycles. The van der Waals surface area contributed by atoms with Crippen molar-refractivity contribution in [3.8, 4) is 11.5 Å². The van der Waals surface area contributed by atoms with Gasteiger partial charge in [0.15, 0.2) is 16.6 Å². The number of amides is 1. The maximum Gasteiger partial charge on any atom is 0.350 e. The topological polar surface area (TPSA) is 115 Å². The maximum atomic E-state index is 13.5. The number of rotatable bonds is 10. The van der Waals surface area contributed by atoms with Gasteiger partial charge in [0, 0.05) is 10.6 Å². The summed E-state index contributed by atoms with van der Waals surface area (Å²) in [6.07, 6.45) is 1.59. The molecule has 11 heteroatoms. The molecule has 2 heterocycles. The summed E-state index contributed by atoms with van der Waals surface area (Å²) in [5.41, 5.74) is 0.945. The zero-order chi connectivity index (χ0) is 29.0. The first-order valence-electron chi connectivity index (χ1n) is 12.4. The van der Waals surface area contributed by atoms with Crippen molar-refractivity contribution < 1.29 is 33.7 Å². The molecule has 4 rings (SSSR count). The zero-order valence-electron chi connectivity index (χ0n) is 22.1. The number of hydrogen-bond acceptors (Lipinski definition) is 9. The SMILES string of the molecule is C=CCOc1ccc(C2/C(=C(\O)c3ccc(Cl)cc3)C(=O)C(=O)N2c2nc(C)c(C(=O)OCC)s2)cc1OCC. The normalized spacial score (nSPS) is 16.2. The summed E-state index contributed by atoms with van der Waals surface area (Å²) in [5, 5.41) is 11.9. The molecular formula is C29H27ClN2O7S. The Balaban J connectivity index is 1.93. The van der Waals surface area contributed by atoms with E-state index in [-0.39, 0.29) is 34.6 Å². The Bertz CT molecular complexity index is 1500. The molecule has 1 aliphatic heterocycles. The summed E-state index contributed by atoms with van der Waals surface area (Å²) >= 11 is 6.94. The Morgan fingerprint density at radius 3 is 2.50 bits per heavy atom. The molecule has 0 spiro atoms. The van der Waals surface area contributed by atoms with Crippen LogP contribution < -0.4 is 14.4 Å². The Hall–Kier alpha value is -4.15. The van der Waals surface area contributed by atoms with Crippen LogP contribution in [0.2, 0.25) is 5.02 Å². The second-order valence-corrected chi connectivity index (χ2v) is 9.96. The van der Waals surface area contributed by atoms with E-state index >= 15 is 0 Å². The maximum absolute atomic E-state index is 13.5. The summed E-state index contributed by atoms with van der Waals surface area (Å²) in [6.45, 7) is 9.50. The van der Waals surface area contributed by atoms with E-state index in [4.69, 9.17) is 25.8 Å². The summed E-state index contributed by atoms with van der Waals surface area (Å²) in [5.74, 6) is -1.97. The second kappa shape index (κ2) is 12.4. The third kappa shape index (κ3) is 5.59. The number of benzene rings is 2. The number of anilines is 1. The van der Waals surface area contributed by atoms with E-state index in [0.717, 1.165) is 11.3 Å². The van der Waals surface area contributed by atoms with Crippen LogP contribution in [0.15, 0.2) is 60.7 Å². The number of ketones is 1. The van der Waals surface area contributed by atoms with Crippen LogP contribution in [0.5, 0.6) is 11.5 Å². The Labute approximate surface area is 240 Å². The van der Waals surface area contributed by atoms with Crippen LogP contribution >= 0.6 is 22.9 Å². The fourth-order valence-electron chi connectivity index (χ4n) is 4.21. The molecule has 0 bridgehead atoms. The van der Waals surface area contributed by atoms with Gasteiger partial charge in [0.1, 0.15) is 17.2 Å². The number of thiazole rings is 1. The Kier molecular flexibility index (Phi) is 8.91. The molecule has 3 aromatic rings. The first-order chi connectivity index (χ1) is 19.2. The van der Waals surface area contributed by atoms with E-state index in [1.54, 1.807) is 62.4 Å². The molecule has 0 radical (unpaired) electrons. The second-order valence-electron chi connectivity index (χ2n) is 8.55. The van der Waals surface area contributed by atoms with E-state index in [0.29, 0.717) is 39.9 Å². The highest BCUT2D eigenvalue weighted by molar-refractivity contribution is 7.17. The molecule has 0 saturated carbocycles. The number of aliphatic hydroxyl groups excluding tert-OH is 1. The average molecular weight is 583 g/mol. The fraction of sp³-hybridized carbons (Fsp3) is 0.241. The molecule has 9 nitrogen and oxygen atoms in total. The van der Waals surface area contributed by atoms with Gasteiger partial charge < -0.3 is 19.3 Å². The molecule has 2 aromatic carbocycles. The van der Waals surface area contributed by atoms with E-state index in [2.05, 4.69) is 11.6 Å². The van der Waals surface area contributed by atoms with Gasteiger partial charge in [-0.3, -0.25) is 14.5 Å². The van der Waals surface area contributed by atoms with Gasteiger partial charge in [-0.05, 0) is 62.7 Å². The predicted octanol–water partition coefficient (Wildman–Crippen LogP) is 5.87. The lowest BCUT2D eigenvalue weighted by molar-refractivity contribution is -0.132. The number of carbonyl (C=O) groups is 3. The molecule has 1 N–H and O–H groups in total. The van der Waals surface area contributed by atoms with Crippen molar-refractivity contribution >= 4 is 51.5 Å². The molecule has 1 amide bonds. The van der Waals surface area contributed by atoms with Crippen LogP contribution in [0.25, 0.3) is 5.76 Å². The standard InChI is InChI=1S/C29H27ClN2O7S/c1-5-14-39-20-13-10-18(15-21(20)37-6-2)23-22(24(33)17-8-11-19(30)12-9-17)25(34)27(35)32(23)29-31-16(4)26(40-29)28(36)38-7-3/h5,8-13,15,23,33H,1,6-7,14H2,2-4H3/b24-22+. The monoisotopic (exact) mass is 582 g/mol. The van der Waals surface area contributed by atoms with Crippen molar-refractivity contribution in [2.75, 3.05) is 24.7 Å². The number of aryl methyl sites for hydroxylation is 1. The first-order valence-corrected chi connectivity index (χ1v) is 13.6. The van der Waals surface area contributed by atoms with Gasteiger partial charge in [0.05, 0.1) is 30.5 Å². The molecule has 1 aliphatic rings. The number of aromatic nitrogens is 1. The van der Waals surface area contributed by atoms with Crippen LogP contribution in [0, 0.1) is 6.92 Å². The predicted molar refractivity (Wildman–Crippen MR) is 152 cm³/mol. The summed E-state index contributed by atoms with van der Waals surface area (Å²) in [4.78, 5) is 45.3. The number of halogens is 1. The quantitative estimate of drug-likeness (QED) is 0.104. The Morgan fingerprint density at radius 1 is 1.12 bits per heavy atom. The van der Waals surface area contributed by atoms with Crippen molar-refractivity contribution in [2.24, 2.45) is 0 Å². The number of nitrogens with zero attached hydrogens (tertiary/aromatic N) is 2. The van der Waals surface area contributed by atoms with Gasteiger partial charge in [-0.15, -0.1) is 0 Å². The lowest BCUT2D eigenvalue weighted by Crippen LogP contribution is -2.29. The largest absolute Gasteiger partial charge is 0.507 e. The van der Waals surface area contributed by atoms with Gasteiger partial charge in [-0.25, -0.2) is 9.78 Å². The number of carbonyl (C=O) groups excluding carboxylic acids is 3. The lowest BCUT2D eigenvalue weighted by Gasteiger charge is -2.24. The molecule has 1 unspecified atom stereocenters. The lowest BCUT2D eigenvalue weighted by atomic mass is 9.95. The van der Waals surface area contributed by atoms with Crippen LogP contribution in [0.4, 0.5) is 5.13 Å². The molecule has 1 aromatic heterocycles. The summed E-state index contributed by atoms with van der Waals surface area (Å²) < 4.78 is 16.6. The summed E-state index contributed by atoms with van der Waals surface area (Å²) in [7, 11) is 0. The fourth-order valence-corrected chi connectivity index (χ4v) is 5.32. The van der Waals surface area contributed by atoms with Crippen LogP contribution in [0.1, 0.15) is 46.4 Å². The molecular weight excluding hydrogens is 556 g/mol. The van der Waals surface area contributed by atoms with Gasteiger partial charge in [0.2, 0.25) is 0 Å². The highest BCUT2D eigenvalue weighted by Gasteiger charge is 2.48. The molecule has 0 aliphatic carbocycles. The van der Waals surface area contributed by atoms with Crippen LogP contribution in [-0.2, 0) is 14.3 Å². The van der Waals surface area contributed by atoms with E-state index < -0.39 is 23.7 Å². The number of esters is 1. The van der Waals surface area contributed by atoms with Gasteiger partial charge in [0.25, 0.3) is 5.78 Å². The van der Waals surface area contributed by atoms with E-state index in [1.807, 2.05) is 6.92 Å². The third-order valence-corrected chi connectivity index (χ3v) is 7.34. The highest BCUT2D eigenvalue weighted by atomic mass is 35.5. The highest BCUT2D eigenvalue weighted by Crippen LogP contribution is 2.45. The van der Waals surface area contributed by atoms with Crippen molar-refractivity contribution in [2.45, 2.75) is 26.8 Å². The van der Waals surface area contributed by atoms with Crippen molar-refractivity contribution in [1.82, 2.24) is 4.98 Å². The molecule has 208 valence electrons. The van der Waals surface area contributed by atoms with E-state index in [1.165, 1.54) is 4.90 Å². The van der Waals surface area contributed by atoms with Crippen LogP contribution in [-0.4, -0.2) is 47.6 Å². The van der Waals surface area contributed by atoms with Crippen molar-refractivity contribution in [1.29, 1.82) is 0 Å². The van der Waals surface area contributed by atoms with E-state index in [9.17, 15) is 19.5 Å². The van der Waals surface area contributed by atoms with Gasteiger partial charge in [-0.1, -0.05) is 41.7 Å². The zero-order valence-corrected chi connectivity index (χ0v) is 23.7. The van der Waals surface area contributed by atoms with Gasteiger partial charge in [-0.2, -0.15) is 0 Å². The summed E-state index contributed by atoms with van der Waals surface area (Å²) in [6, 6.07) is 10.1. The number of hydrogen-bond donors (Lipinski definition) is 1. The minimum atomic E-state index is -1.09. The number of ether oxygens (including phenoxy) is 3. The van der Waals surface area contributed by atoms with Crippen LogP contribution in [0.3, 0.4) is 0 Å². The molecule has 1 atom stereocenters. The van der Waals surface area contributed by atoms with Gasteiger partial charge >= 0.3 is 11.9 Å². The minimum Gasteiger partial charge on any atom is -0.507 e. The number of aliphatic hydroxyl groups is 1. The minimum absolute atomic E-state index is 0.104.